The van der Waals surface area contributed by atoms with Crippen LogP contribution in [0.1, 0.15) is 13.3 Å². The number of para-hydroxylation sites is 2. The fourth-order valence-electron chi connectivity index (χ4n) is 2.18. The first kappa shape index (κ1) is 12.9. The molecule has 1 aromatic rings. The molecule has 0 saturated carbocycles. The van der Waals surface area contributed by atoms with E-state index in [9.17, 15) is 9.90 Å². The van der Waals surface area contributed by atoms with Gasteiger partial charge in [-0.15, -0.1) is 0 Å². The molecule has 0 spiro atoms. The monoisotopic (exact) mass is 249 g/mol. The molecule has 1 unspecified atom stereocenters. The zero-order chi connectivity index (χ0) is 13.2. The van der Waals surface area contributed by atoms with Crippen LogP contribution in [0.5, 0.6) is 0 Å². The van der Waals surface area contributed by atoms with Crippen molar-refractivity contribution < 1.29 is 9.90 Å². The zero-order valence-corrected chi connectivity index (χ0v) is 10.5. The van der Waals surface area contributed by atoms with E-state index >= 15 is 0 Å². The summed E-state index contributed by atoms with van der Waals surface area (Å²) in [7, 11) is 0. The van der Waals surface area contributed by atoms with Gasteiger partial charge in [-0.2, -0.15) is 0 Å². The van der Waals surface area contributed by atoms with Crippen LogP contribution in [0.4, 0.5) is 11.4 Å². The van der Waals surface area contributed by atoms with E-state index in [2.05, 4.69) is 5.32 Å². The maximum Gasteiger partial charge on any atom is 0.238 e. The molecule has 1 aromatic carbocycles. The van der Waals surface area contributed by atoms with Crippen molar-refractivity contribution in [2.24, 2.45) is 0 Å². The fourth-order valence-corrected chi connectivity index (χ4v) is 2.18. The number of nitrogens with two attached hydrogens (primary N) is 1. The van der Waals surface area contributed by atoms with E-state index in [1.807, 2.05) is 17.0 Å². The summed E-state index contributed by atoms with van der Waals surface area (Å²) in [5, 5.41) is 12.6. The second kappa shape index (κ2) is 4.96. The lowest BCUT2D eigenvalue weighted by Gasteiger charge is -2.18. The molecule has 0 radical (unpaired) electrons. The number of β-amino-alcohol motifs (C(OH)–C–C–N with tert-alkyl or cyclic N) is 1. The molecule has 1 aliphatic rings. The second-order valence-electron chi connectivity index (χ2n) is 5.09. The normalized spacial score (nSPS) is 24.1. The van der Waals surface area contributed by atoms with E-state index in [0.29, 0.717) is 24.3 Å². The van der Waals surface area contributed by atoms with Gasteiger partial charge in [0, 0.05) is 13.1 Å². The molecule has 5 heteroatoms. The van der Waals surface area contributed by atoms with Crippen molar-refractivity contribution in [2.45, 2.75) is 18.9 Å². The molecule has 4 N–H and O–H groups in total. The number of nitrogens with one attached hydrogen (secondary N) is 1. The molecule has 0 aromatic heterocycles. The Morgan fingerprint density at radius 2 is 2.28 bits per heavy atom. The Kier molecular flexibility index (Phi) is 3.54. The van der Waals surface area contributed by atoms with Crippen molar-refractivity contribution in [1.82, 2.24) is 4.90 Å². The quantitative estimate of drug-likeness (QED) is 0.688. The summed E-state index contributed by atoms with van der Waals surface area (Å²) in [6, 6.07) is 7.17. The van der Waals surface area contributed by atoms with E-state index < -0.39 is 5.60 Å². The smallest absolute Gasteiger partial charge is 0.238 e. The Morgan fingerprint density at radius 1 is 1.56 bits per heavy atom. The number of rotatable bonds is 3. The number of nitrogen functional groups attached to an aromatic ring is 1. The summed E-state index contributed by atoms with van der Waals surface area (Å²) < 4.78 is 0. The third kappa shape index (κ3) is 3.21. The summed E-state index contributed by atoms with van der Waals surface area (Å²) in [6.07, 6.45) is 0.702. The molecular formula is C13H19N3O2. The highest BCUT2D eigenvalue weighted by molar-refractivity contribution is 5.95. The van der Waals surface area contributed by atoms with Gasteiger partial charge in [0.2, 0.25) is 5.91 Å². The summed E-state index contributed by atoms with van der Waals surface area (Å²) in [5.41, 5.74) is 6.26. The largest absolute Gasteiger partial charge is 0.397 e. The molecule has 1 aliphatic heterocycles. The number of carbonyl (C=O) groups excluding carboxylic acids is 1. The van der Waals surface area contributed by atoms with E-state index in [0.717, 1.165) is 6.54 Å². The number of hydrogen-bond acceptors (Lipinski definition) is 4. The number of nitrogens with zero attached hydrogens (tertiary/aromatic N) is 1. The number of benzene rings is 1. The van der Waals surface area contributed by atoms with Crippen LogP contribution in [0.3, 0.4) is 0 Å². The topological polar surface area (TPSA) is 78.6 Å². The molecule has 98 valence electrons. The maximum absolute atomic E-state index is 11.8. The van der Waals surface area contributed by atoms with Crippen LogP contribution >= 0.6 is 0 Å². The molecule has 1 heterocycles. The number of amides is 1. The average molecular weight is 249 g/mol. The highest BCUT2D eigenvalue weighted by atomic mass is 16.3. The minimum atomic E-state index is -0.675. The van der Waals surface area contributed by atoms with Gasteiger partial charge < -0.3 is 16.2 Å². The van der Waals surface area contributed by atoms with E-state index in [4.69, 9.17) is 5.73 Å². The fraction of sp³-hybridized carbons (Fsp3) is 0.462. The molecule has 1 fully saturated rings. The molecule has 1 amide bonds. The van der Waals surface area contributed by atoms with Crippen LogP contribution in [0.2, 0.25) is 0 Å². The molecule has 1 saturated heterocycles. The van der Waals surface area contributed by atoms with Gasteiger partial charge in [0.1, 0.15) is 0 Å². The minimum Gasteiger partial charge on any atom is -0.397 e. The molecule has 1 atom stereocenters. The predicted molar refractivity (Wildman–Crippen MR) is 71.2 cm³/mol. The highest BCUT2D eigenvalue weighted by Gasteiger charge is 2.31. The van der Waals surface area contributed by atoms with Crippen molar-refractivity contribution >= 4 is 17.3 Å². The van der Waals surface area contributed by atoms with E-state index in [-0.39, 0.29) is 12.5 Å². The van der Waals surface area contributed by atoms with Gasteiger partial charge in [-0.25, -0.2) is 0 Å². The van der Waals surface area contributed by atoms with Gasteiger partial charge in [-0.1, -0.05) is 12.1 Å². The van der Waals surface area contributed by atoms with Crippen LogP contribution in [-0.4, -0.2) is 41.1 Å². The van der Waals surface area contributed by atoms with Crippen molar-refractivity contribution in [3.8, 4) is 0 Å². The maximum atomic E-state index is 11.8. The Labute approximate surface area is 107 Å². The molecule has 2 rings (SSSR count). The van der Waals surface area contributed by atoms with Gasteiger partial charge >= 0.3 is 0 Å². The van der Waals surface area contributed by atoms with Crippen molar-refractivity contribution in [3.05, 3.63) is 24.3 Å². The third-order valence-corrected chi connectivity index (χ3v) is 3.13. The number of anilines is 2. The first-order chi connectivity index (χ1) is 8.46. The number of likely N-dealkylation sites (tertiary alicyclic amines) is 1. The summed E-state index contributed by atoms with van der Waals surface area (Å²) in [6.45, 7) is 3.35. The van der Waals surface area contributed by atoms with Crippen LogP contribution < -0.4 is 11.1 Å². The highest BCUT2D eigenvalue weighted by Crippen LogP contribution is 2.20. The first-order valence-corrected chi connectivity index (χ1v) is 6.05. The lowest BCUT2D eigenvalue weighted by Crippen LogP contribution is -2.35. The molecule has 0 bridgehead atoms. The summed E-state index contributed by atoms with van der Waals surface area (Å²) in [5.74, 6) is -0.106. The van der Waals surface area contributed by atoms with Crippen LogP contribution in [0.25, 0.3) is 0 Å². The van der Waals surface area contributed by atoms with Gasteiger partial charge in [-0.05, 0) is 25.5 Å². The van der Waals surface area contributed by atoms with Crippen molar-refractivity contribution in [3.63, 3.8) is 0 Å². The average Bonchev–Trinajstić information content (AvgIpc) is 2.61. The SMILES string of the molecule is CC1(O)CCN(CC(=O)Nc2ccccc2N)C1. The summed E-state index contributed by atoms with van der Waals surface area (Å²) >= 11 is 0. The Balaban J connectivity index is 1.88. The summed E-state index contributed by atoms with van der Waals surface area (Å²) in [4.78, 5) is 13.8. The Bertz CT molecular complexity index is 446. The van der Waals surface area contributed by atoms with Crippen LogP contribution in [-0.2, 0) is 4.79 Å². The van der Waals surface area contributed by atoms with E-state index in [1.165, 1.54) is 0 Å². The molecule has 5 nitrogen and oxygen atoms in total. The van der Waals surface area contributed by atoms with Gasteiger partial charge in [0.15, 0.2) is 0 Å². The first-order valence-electron chi connectivity index (χ1n) is 6.05. The van der Waals surface area contributed by atoms with Gasteiger partial charge in [0.05, 0.1) is 23.5 Å². The number of carbonyl (C=O) groups is 1. The third-order valence-electron chi connectivity index (χ3n) is 3.13. The van der Waals surface area contributed by atoms with E-state index in [1.54, 1.807) is 19.1 Å². The number of aliphatic hydroxyl groups is 1. The zero-order valence-electron chi connectivity index (χ0n) is 10.5. The van der Waals surface area contributed by atoms with Crippen molar-refractivity contribution in [2.75, 3.05) is 30.7 Å². The van der Waals surface area contributed by atoms with Gasteiger partial charge in [0.25, 0.3) is 0 Å². The minimum absolute atomic E-state index is 0.106. The second-order valence-corrected chi connectivity index (χ2v) is 5.09. The molecule has 0 aliphatic carbocycles. The number of hydrogen-bond donors (Lipinski definition) is 3. The van der Waals surface area contributed by atoms with Crippen molar-refractivity contribution in [1.29, 1.82) is 0 Å². The Morgan fingerprint density at radius 3 is 2.89 bits per heavy atom. The van der Waals surface area contributed by atoms with Crippen LogP contribution in [0, 0.1) is 0 Å². The lowest BCUT2D eigenvalue weighted by atomic mass is 10.1. The molecule has 18 heavy (non-hydrogen) atoms. The Hall–Kier alpha value is -1.59. The lowest BCUT2D eigenvalue weighted by molar-refractivity contribution is -0.117. The van der Waals surface area contributed by atoms with Crippen LogP contribution in [0.15, 0.2) is 24.3 Å². The standard InChI is InChI=1S/C13H19N3O2/c1-13(18)6-7-16(9-13)8-12(17)15-11-5-3-2-4-10(11)14/h2-5,18H,6-9,14H2,1H3,(H,15,17). The predicted octanol–water partition coefficient (Wildman–Crippen LogP) is 0.664. The molecular weight excluding hydrogens is 230 g/mol. The van der Waals surface area contributed by atoms with Gasteiger partial charge in [-0.3, -0.25) is 9.69 Å².